The normalized spacial score (nSPS) is 11.8. The minimum Gasteiger partial charge on any atom is -0.404 e. The van der Waals surface area contributed by atoms with Crippen LogP contribution in [0, 0.1) is 0 Å². The summed E-state index contributed by atoms with van der Waals surface area (Å²) in [7, 11) is 0. The molecular weight excluding hydrogens is 299 g/mol. The summed E-state index contributed by atoms with van der Waals surface area (Å²) in [6.45, 7) is -0.651. The van der Waals surface area contributed by atoms with E-state index in [9.17, 15) is 26.7 Å². The van der Waals surface area contributed by atoms with Crippen LogP contribution < -0.4 is 10.5 Å². The molecule has 0 aliphatic rings. The molecule has 0 fully saturated rings. The third-order valence-electron chi connectivity index (χ3n) is 2.01. The van der Waals surface area contributed by atoms with Gasteiger partial charge in [0.05, 0.1) is 11.8 Å². The Morgan fingerprint density at radius 2 is 2.05 bits per heavy atom. The van der Waals surface area contributed by atoms with Gasteiger partial charge in [0.15, 0.2) is 5.75 Å². The van der Waals surface area contributed by atoms with E-state index in [4.69, 9.17) is 17.3 Å². The highest BCUT2D eigenvalue weighted by Crippen LogP contribution is 2.33. The van der Waals surface area contributed by atoms with E-state index in [2.05, 4.69) is 9.72 Å². The van der Waals surface area contributed by atoms with Gasteiger partial charge in [0.1, 0.15) is 5.69 Å². The van der Waals surface area contributed by atoms with Crippen molar-refractivity contribution < 1.29 is 31.5 Å². The van der Waals surface area contributed by atoms with Crippen molar-refractivity contribution in [2.75, 3.05) is 0 Å². The van der Waals surface area contributed by atoms with E-state index in [1.807, 2.05) is 0 Å². The van der Waals surface area contributed by atoms with E-state index in [0.717, 1.165) is 0 Å². The Morgan fingerprint density at radius 1 is 1.47 bits per heavy atom. The summed E-state index contributed by atoms with van der Waals surface area (Å²) in [5.41, 5.74) is 2.64. The first-order valence-electron chi connectivity index (χ1n) is 4.63. The zero-order valence-electron chi connectivity index (χ0n) is 8.97. The molecule has 1 aromatic rings. The van der Waals surface area contributed by atoms with Crippen LogP contribution in [0.5, 0.6) is 5.75 Å². The number of alkyl halides is 5. The van der Waals surface area contributed by atoms with Crippen molar-refractivity contribution in [3.8, 4) is 5.75 Å². The van der Waals surface area contributed by atoms with Crippen LogP contribution in [0.2, 0.25) is 0 Å². The summed E-state index contributed by atoms with van der Waals surface area (Å²) in [5.74, 6) is -0.941. The maximum atomic E-state index is 12.6. The summed E-state index contributed by atoms with van der Waals surface area (Å²) in [5, 5.41) is -1.39. The molecule has 0 saturated heterocycles. The average Bonchev–Trinajstić information content (AvgIpc) is 2.25. The lowest BCUT2D eigenvalue weighted by molar-refractivity contribution is -0.275. The third-order valence-corrected chi connectivity index (χ3v) is 2.20. The van der Waals surface area contributed by atoms with Crippen LogP contribution in [0.4, 0.5) is 22.0 Å². The SMILES string of the molecule is NCc1c(OC(F)(F)F)cnc(C(F)F)c1C(=O)Cl. The lowest BCUT2D eigenvalue weighted by atomic mass is 10.1. The number of ether oxygens (including phenoxy) is 1. The number of hydrogen-bond donors (Lipinski definition) is 1. The van der Waals surface area contributed by atoms with E-state index < -0.39 is 47.1 Å². The maximum Gasteiger partial charge on any atom is 0.573 e. The minimum absolute atomic E-state index is 0.417. The molecule has 0 aromatic carbocycles. The maximum absolute atomic E-state index is 12.6. The second-order valence-electron chi connectivity index (χ2n) is 3.19. The molecule has 1 heterocycles. The predicted octanol–water partition coefficient (Wildman–Crippen LogP) is 2.76. The first kappa shape index (κ1) is 15.6. The lowest BCUT2D eigenvalue weighted by Crippen LogP contribution is -2.21. The Hall–Kier alpha value is -1.48. The average molecular weight is 305 g/mol. The van der Waals surface area contributed by atoms with Crippen molar-refractivity contribution in [3.63, 3.8) is 0 Å². The van der Waals surface area contributed by atoms with Gasteiger partial charge < -0.3 is 10.5 Å². The Labute approximate surface area is 108 Å². The minimum atomic E-state index is -5.08. The molecule has 0 aliphatic carbocycles. The summed E-state index contributed by atoms with van der Waals surface area (Å²) >= 11 is 5.07. The first-order valence-corrected chi connectivity index (χ1v) is 5.00. The molecule has 0 atom stereocenters. The van der Waals surface area contributed by atoms with Gasteiger partial charge in [-0.1, -0.05) is 0 Å². The monoisotopic (exact) mass is 304 g/mol. The van der Waals surface area contributed by atoms with Gasteiger partial charge in [-0.2, -0.15) is 0 Å². The van der Waals surface area contributed by atoms with Crippen LogP contribution in [-0.2, 0) is 6.54 Å². The number of carbonyl (C=O) groups excluding carboxylic acids is 1. The van der Waals surface area contributed by atoms with Crippen LogP contribution in [0.15, 0.2) is 6.20 Å². The molecule has 19 heavy (non-hydrogen) atoms. The zero-order valence-corrected chi connectivity index (χ0v) is 9.73. The topological polar surface area (TPSA) is 65.2 Å². The molecule has 0 aliphatic heterocycles. The molecule has 0 amide bonds. The second kappa shape index (κ2) is 5.66. The molecule has 0 saturated carbocycles. The lowest BCUT2D eigenvalue weighted by Gasteiger charge is -2.15. The van der Waals surface area contributed by atoms with Crippen LogP contribution in [0.3, 0.4) is 0 Å². The molecule has 0 spiro atoms. The Kier molecular flexibility index (Phi) is 4.64. The number of halogens is 6. The van der Waals surface area contributed by atoms with Gasteiger partial charge in [-0.15, -0.1) is 13.2 Å². The van der Waals surface area contributed by atoms with E-state index in [1.54, 1.807) is 0 Å². The molecule has 0 bridgehead atoms. The van der Waals surface area contributed by atoms with Crippen molar-refractivity contribution in [3.05, 3.63) is 23.0 Å². The molecular formula is C9H6ClF5N2O2. The highest BCUT2D eigenvalue weighted by atomic mass is 35.5. The van der Waals surface area contributed by atoms with E-state index in [1.165, 1.54) is 0 Å². The van der Waals surface area contributed by atoms with Crippen molar-refractivity contribution >= 4 is 16.8 Å². The second-order valence-corrected chi connectivity index (χ2v) is 3.53. The first-order chi connectivity index (χ1) is 8.67. The quantitative estimate of drug-likeness (QED) is 0.686. The fourth-order valence-corrected chi connectivity index (χ4v) is 1.56. The standard InChI is InChI=1S/C9H6ClF5N2O2/c10-7(18)5-3(1-16)4(19-9(13,14)15)2-17-6(5)8(11)12/h2,8H,1,16H2. The zero-order chi connectivity index (χ0) is 14.8. The van der Waals surface area contributed by atoms with Gasteiger partial charge >= 0.3 is 6.36 Å². The van der Waals surface area contributed by atoms with Crippen LogP contribution in [0.25, 0.3) is 0 Å². The largest absolute Gasteiger partial charge is 0.573 e. The van der Waals surface area contributed by atoms with Gasteiger partial charge in [-0.05, 0) is 11.6 Å². The summed E-state index contributed by atoms with van der Waals surface area (Å²) in [4.78, 5) is 14.1. The highest BCUT2D eigenvalue weighted by molar-refractivity contribution is 6.68. The smallest absolute Gasteiger partial charge is 0.404 e. The van der Waals surface area contributed by atoms with Crippen molar-refractivity contribution in [1.29, 1.82) is 0 Å². The number of hydrogen-bond acceptors (Lipinski definition) is 4. The number of nitrogens with two attached hydrogens (primary N) is 1. The molecule has 106 valence electrons. The summed E-state index contributed by atoms with van der Waals surface area (Å²) < 4.78 is 65.0. The molecule has 2 N–H and O–H groups in total. The Bertz CT molecular complexity index is 492. The molecule has 0 unspecified atom stereocenters. The van der Waals surface area contributed by atoms with Crippen LogP contribution >= 0.6 is 11.6 Å². The van der Waals surface area contributed by atoms with Gasteiger partial charge in [0.25, 0.3) is 11.7 Å². The number of aromatic nitrogens is 1. The van der Waals surface area contributed by atoms with Gasteiger partial charge in [0, 0.05) is 12.1 Å². The Balaban J connectivity index is 3.45. The van der Waals surface area contributed by atoms with Gasteiger partial charge in [0.2, 0.25) is 0 Å². The predicted molar refractivity (Wildman–Crippen MR) is 54.0 cm³/mol. The fourth-order valence-electron chi connectivity index (χ4n) is 1.35. The molecule has 4 nitrogen and oxygen atoms in total. The molecule has 0 radical (unpaired) electrons. The van der Waals surface area contributed by atoms with E-state index in [-0.39, 0.29) is 0 Å². The summed E-state index contributed by atoms with van der Waals surface area (Å²) in [6, 6.07) is 0. The molecule has 1 aromatic heterocycles. The third kappa shape index (κ3) is 3.74. The summed E-state index contributed by atoms with van der Waals surface area (Å²) in [6.07, 6.45) is -7.85. The number of nitrogens with zero attached hydrogens (tertiary/aromatic N) is 1. The van der Waals surface area contributed by atoms with Crippen LogP contribution in [-0.4, -0.2) is 16.6 Å². The van der Waals surface area contributed by atoms with Gasteiger partial charge in [-0.25, -0.2) is 8.78 Å². The molecule has 1 rings (SSSR count). The highest BCUT2D eigenvalue weighted by Gasteiger charge is 2.34. The van der Waals surface area contributed by atoms with Crippen LogP contribution in [0.1, 0.15) is 28.0 Å². The van der Waals surface area contributed by atoms with E-state index in [0.29, 0.717) is 6.20 Å². The van der Waals surface area contributed by atoms with Crippen molar-refractivity contribution in [2.24, 2.45) is 5.73 Å². The van der Waals surface area contributed by atoms with Crippen molar-refractivity contribution in [2.45, 2.75) is 19.3 Å². The number of pyridine rings is 1. The number of rotatable bonds is 4. The fraction of sp³-hybridized carbons (Fsp3) is 0.333. The van der Waals surface area contributed by atoms with E-state index >= 15 is 0 Å². The Morgan fingerprint density at radius 3 is 2.42 bits per heavy atom. The van der Waals surface area contributed by atoms with Gasteiger partial charge in [-0.3, -0.25) is 9.78 Å². The number of carbonyl (C=O) groups is 1. The van der Waals surface area contributed by atoms with Crippen molar-refractivity contribution in [1.82, 2.24) is 4.98 Å². The molecule has 10 heteroatoms.